The molecular formula is C19H27NO5. The minimum atomic E-state index is -0.456. The maximum atomic E-state index is 12.7. The Balaban J connectivity index is 1.64. The molecule has 1 amide bonds. The molecule has 2 aliphatic heterocycles. The van der Waals surface area contributed by atoms with E-state index in [1.54, 1.807) is 14.2 Å². The number of hydrogen-bond donors (Lipinski definition) is 1. The first-order valence-corrected chi connectivity index (χ1v) is 8.89. The fraction of sp³-hybridized carbons (Fsp3) is 0.632. The summed E-state index contributed by atoms with van der Waals surface area (Å²) in [4.78, 5) is 14.6. The van der Waals surface area contributed by atoms with Crippen molar-refractivity contribution in [2.75, 3.05) is 33.9 Å². The molecule has 0 saturated carbocycles. The van der Waals surface area contributed by atoms with E-state index in [0.29, 0.717) is 44.0 Å². The molecule has 1 aromatic rings. The van der Waals surface area contributed by atoms with Crippen LogP contribution in [0.1, 0.15) is 31.2 Å². The minimum absolute atomic E-state index is 0.0618. The van der Waals surface area contributed by atoms with Crippen LogP contribution in [0.3, 0.4) is 0 Å². The van der Waals surface area contributed by atoms with E-state index in [1.165, 1.54) is 0 Å². The molecule has 0 unspecified atom stereocenters. The molecule has 1 N–H and O–H groups in total. The Morgan fingerprint density at radius 3 is 2.72 bits per heavy atom. The number of piperidine rings is 1. The van der Waals surface area contributed by atoms with E-state index in [0.717, 1.165) is 18.4 Å². The maximum Gasteiger partial charge on any atom is 0.227 e. The molecular weight excluding hydrogens is 322 g/mol. The highest BCUT2D eigenvalue weighted by molar-refractivity contribution is 5.80. The van der Waals surface area contributed by atoms with Crippen molar-refractivity contribution in [1.82, 2.24) is 4.90 Å². The molecule has 2 fully saturated rings. The van der Waals surface area contributed by atoms with Crippen molar-refractivity contribution >= 4 is 5.91 Å². The van der Waals surface area contributed by atoms with Gasteiger partial charge in [-0.25, -0.2) is 0 Å². The van der Waals surface area contributed by atoms with E-state index in [9.17, 15) is 9.90 Å². The number of carbonyl (C=O) groups excluding carboxylic acids is 1. The van der Waals surface area contributed by atoms with Gasteiger partial charge in [-0.05, 0) is 31.7 Å². The van der Waals surface area contributed by atoms with Gasteiger partial charge in [-0.3, -0.25) is 4.79 Å². The molecule has 2 saturated heterocycles. The van der Waals surface area contributed by atoms with Crippen molar-refractivity contribution in [3.05, 3.63) is 23.8 Å². The molecule has 0 aliphatic carbocycles. The first kappa shape index (κ1) is 18.0. The number of hydrogen-bond acceptors (Lipinski definition) is 5. The van der Waals surface area contributed by atoms with Gasteiger partial charge < -0.3 is 24.2 Å². The molecule has 0 bridgehead atoms. The first-order chi connectivity index (χ1) is 12.1. The summed E-state index contributed by atoms with van der Waals surface area (Å²) in [7, 11) is 3.17. The number of likely N-dealkylation sites (tertiary alicyclic amines) is 1. The lowest BCUT2D eigenvalue weighted by molar-refractivity contribution is -0.179. The lowest BCUT2D eigenvalue weighted by Crippen LogP contribution is -2.56. The third-order valence-corrected chi connectivity index (χ3v) is 5.41. The van der Waals surface area contributed by atoms with E-state index in [1.807, 2.05) is 23.1 Å². The zero-order chi connectivity index (χ0) is 17.9. The van der Waals surface area contributed by atoms with Crippen LogP contribution in [0, 0.1) is 0 Å². The van der Waals surface area contributed by atoms with Crippen molar-refractivity contribution in [3.8, 4) is 11.5 Å². The average Bonchev–Trinajstić information content (AvgIpc) is 2.64. The number of aliphatic hydroxyl groups is 1. The second-order valence-electron chi connectivity index (χ2n) is 6.78. The standard InChI is InChI=1S/C19H27NO5/c1-23-15-6-3-5-14(18(15)24-2)13-17(22)20-10-8-19(9-11-20)16(21)7-4-12-25-19/h3,5-6,16,21H,4,7-13H2,1-2H3/t16-/m1/s1. The number of rotatable bonds is 4. The summed E-state index contributed by atoms with van der Waals surface area (Å²) in [6.45, 7) is 1.93. The van der Waals surface area contributed by atoms with Crippen LogP contribution < -0.4 is 9.47 Å². The van der Waals surface area contributed by atoms with E-state index in [2.05, 4.69) is 0 Å². The average molecular weight is 349 g/mol. The highest BCUT2D eigenvalue weighted by atomic mass is 16.5. The van der Waals surface area contributed by atoms with Gasteiger partial charge in [0.25, 0.3) is 0 Å². The monoisotopic (exact) mass is 349 g/mol. The molecule has 25 heavy (non-hydrogen) atoms. The van der Waals surface area contributed by atoms with E-state index < -0.39 is 11.7 Å². The summed E-state index contributed by atoms with van der Waals surface area (Å²) < 4.78 is 16.6. The lowest BCUT2D eigenvalue weighted by Gasteiger charge is -2.46. The van der Waals surface area contributed by atoms with Gasteiger partial charge >= 0.3 is 0 Å². The predicted octanol–water partition coefficient (Wildman–Crippen LogP) is 1.78. The molecule has 0 radical (unpaired) electrons. The van der Waals surface area contributed by atoms with Gasteiger partial charge in [0, 0.05) is 25.3 Å². The summed E-state index contributed by atoms with van der Waals surface area (Å²) in [6.07, 6.45) is 2.93. The van der Waals surface area contributed by atoms with Crippen molar-refractivity contribution in [3.63, 3.8) is 0 Å². The van der Waals surface area contributed by atoms with Gasteiger partial charge in [0.1, 0.15) is 0 Å². The Bertz CT molecular complexity index is 610. The number of nitrogens with zero attached hydrogens (tertiary/aromatic N) is 1. The zero-order valence-electron chi connectivity index (χ0n) is 15.0. The number of benzene rings is 1. The maximum absolute atomic E-state index is 12.7. The van der Waals surface area contributed by atoms with E-state index >= 15 is 0 Å². The van der Waals surface area contributed by atoms with Crippen molar-refractivity contribution < 1.29 is 24.1 Å². The van der Waals surface area contributed by atoms with E-state index in [-0.39, 0.29) is 12.3 Å². The molecule has 2 heterocycles. The number of carbonyl (C=O) groups is 1. The Morgan fingerprint density at radius 1 is 1.32 bits per heavy atom. The summed E-state index contributed by atoms with van der Waals surface area (Å²) in [5, 5.41) is 10.3. The molecule has 2 aliphatic rings. The lowest BCUT2D eigenvalue weighted by atomic mass is 9.82. The highest BCUT2D eigenvalue weighted by Gasteiger charge is 2.44. The Labute approximate surface area is 148 Å². The minimum Gasteiger partial charge on any atom is -0.493 e. The molecule has 1 spiro atoms. The van der Waals surface area contributed by atoms with Crippen LogP contribution in [0.15, 0.2) is 18.2 Å². The van der Waals surface area contributed by atoms with Crippen molar-refractivity contribution in [2.24, 2.45) is 0 Å². The van der Waals surface area contributed by atoms with Crippen LogP contribution in [0.5, 0.6) is 11.5 Å². The number of para-hydroxylation sites is 1. The van der Waals surface area contributed by atoms with Crippen LogP contribution in [0.4, 0.5) is 0 Å². The molecule has 1 atom stereocenters. The van der Waals surface area contributed by atoms with Crippen LogP contribution >= 0.6 is 0 Å². The Hall–Kier alpha value is -1.79. The Kier molecular flexibility index (Phi) is 5.49. The van der Waals surface area contributed by atoms with Gasteiger partial charge in [0.15, 0.2) is 11.5 Å². The third kappa shape index (κ3) is 3.60. The summed E-state index contributed by atoms with van der Waals surface area (Å²) >= 11 is 0. The SMILES string of the molecule is COc1cccc(CC(=O)N2CCC3(CC2)OCCC[C@H]3O)c1OC. The zero-order valence-corrected chi connectivity index (χ0v) is 15.0. The van der Waals surface area contributed by atoms with Gasteiger partial charge in [-0.15, -0.1) is 0 Å². The smallest absolute Gasteiger partial charge is 0.227 e. The van der Waals surface area contributed by atoms with Crippen molar-refractivity contribution in [2.45, 2.75) is 43.8 Å². The molecule has 3 rings (SSSR count). The summed E-state index contributed by atoms with van der Waals surface area (Å²) in [5.41, 5.74) is 0.365. The second-order valence-corrected chi connectivity index (χ2v) is 6.78. The van der Waals surface area contributed by atoms with Gasteiger partial charge in [0.2, 0.25) is 5.91 Å². The van der Waals surface area contributed by atoms with Gasteiger partial charge in [0.05, 0.1) is 32.3 Å². The number of amides is 1. The number of aliphatic hydroxyl groups excluding tert-OH is 1. The van der Waals surface area contributed by atoms with Crippen molar-refractivity contribution in [1.29, 1.82) is 0 Å². The van der Waals surface area contributed by atoms with Crippen LogP contribution in [0.2, 0.25) is 0 Å². The number of ether oxygens (including phenoxy) is 3. The largest absolute Gasteiger partial charge is 0.493 e. The Morgan fingerprint density at radius 2 is 2.08 bits per heavy atom. The normalized spacial score (nSPS) is 22.7. The highest BCUT2D eigenvalue weighted by Crippen LogP contribution is 2.36. The molecule has 0 aromatic heterocycles. The van der Waals surface area contributed by atoms with Crippen LogP contribution in [-0.2, 0) is 16.0 Å². The predicted molar refractivity (Wildman–Crippen MR) is 93.0 cm³/mol. The van der Waals surface area contributed by atoms with Crippen LogP contribution in [0.25, 0.3) is 0 Å². The molecule has 138 valence electrons. The number of methoxy groups -OCH3 is 2. The topological polar surface area (TPSA) is 68.2 Å². The first-order valence-electron chi connectivity index (χ1n) is 8.89. The quantitative estimate of drug-likeness (QED) is 0.897. The third-order valence-electron chi connectivity index (χ3n) is 5.41. The van der Waals surface area contributed by atoms with Gasteiger partial charge in [-0.2, -0.15) is 0 Å². The fourth-order valence-corrected chi connectivity index (χ4v) is 3.89. The second kappa shape index (κ2) is 7.62. The fourth-order valence-electron chi connectivity index (χ4n) is 3.89. The van der Waals surface area contributed by atoms with E-state index in [4.69, 9.17) is 14.2 Å². The summed E-state index contributed by atoms with van der Waals surface area (Å²) in [6, 6.07) is 5.57. The molecule has 6 heteroatoms. The van der Waals surface area contributed by atoms with Gasteiger partial charge in [-0.1, -0.05) is 12.1 Å². The molecule has 6 nitrogen and oxygen atoms in total. The van der Waals surface area contributed by atoms with Crippen LogP contribution in [-0.4, -0.2) is 61.5 Å². The summed E-state index contributed by atoms with van der Waals surface area (Å²) in [5.74, 6) is 1.30. The molecule has 1 aromatic carbocycles.